The summed E-state index contributed by atoms with van der Waals surface area (Å²) in [6.07, 6.45) is 0.647. The van der Waals surface area contributed by atoms with Crippen LogP contribution in [0.3, 0.4) is 0 Å². The predicted molar refractivity (Wildman–Crippen MR) is 113 cm³/mol. The average molecular weight is 357 g/mol. The fraction of sp³-hybridized carbons (Fsp3) is 0.240. The van der Waals surface area contributed by atoms with E-state index in [1.165, 1.54) is 16.7 Å². The molecule has 0 saturated carbocycles. The van der Waals surface area contributed by atoms with Crippen LogP contribution in [-0.4, -0.2) is 5.91 Å². The molecule has 138 valence electrons. The Balaban J connectivity index is 1.95. The lowest BCUT2D eigenvalue weighted by atomic mass is 9.76. The standard InChI is InChI=1S/C25H27NO/c1-18-5-11-21(12-6-18)17-25(4,22-13-7-19(2)8-14-22)24(27)26-23-15-9-20(3)10-16-23/h5-16H,17H2,1-4H3,(H,26,27). The summed E-state index contributed by atoms with van der Waals surface area (Å²) in [5.74, 6) is 0.00998. The molecule has 0 fully saturated rings. The zero-order chi connectivity index (χ0) is 19.4. The van der Waals surface area contributed by atoms with Gasteiger partial charge in [0.15, 0.2) is 0 Å². The molecule has 0 aliphatic carbocycles. The van der Waals surface area contributed by atoms with E-state index >= 15 is 0 Å². The number of hydrogen-bond acceptors (Lipinski definition) is 1. The largest absolute Gasteiger partial charge is 0.325 e. The molecule has 0 radical (unpaired) electrons. The monoisotopic (exact) mass is 357 g/mol. The van der Waals surface area contributed by atoms with E-state index in [9.17, 15) is 4.79 Å². The molecule has 0 heterocycles. The number of anilines is 1. The van der Waals surface area contributed by atoms with Crippen molar-refractivity contribution < 1.29 is 4.79 Å². The lowest BCUT2D eigenvalue weighted by Gasteiger charge is -2.29. The van der Waals surface area contributed by atoms with Crippen molar-refractivity contribution in [3.8, 4) is 0 Å². The van der Waals surface area contributed by atoms with E-state index < -0.39 is 5.41 Å². The highest BCUT2D eigenvalue weighted by molar-refractivity contribution is 5.99. The fourth-order valence-electron chi connectivity index (χ4n) is 3.25. The van der Waals surface area contributed by atoms with E-state index in [2.05, 4.69) is 67.7 Å². The molecule has 3 aromatic rings. The van der Waals surface area contributed by atoms with Crippen molar-refractivity contribution >= 4 is 11.6 Å². The number of aryl methyl sites for hydroxylation is 3. The van der Waals surface area contributed by atoms with E-state index in [-0.39, 0.29) is 5.91 Å². The van der Waals surface area contributed by atoms with Gasteiger partial charge in [0.25, 0.3) is 0 Å². The summed E-state index contributed by atoms with van der Waals surface area (Å²) >= 11 is 0. The van der Waals surface area contributed by atoms with E-state index in [1.807, 2.05) is 38.1 Å². The first-order valence-electron chi connectivity index (χ1n) is 9.38. The highest BCUT2D eigenvalue weighted by Crippen LogP contribution is 2.30. The maximum Gasteiger partial charge on any atom is 0.235 e. The maximum absolute atomic E-state index is 13.4. The van der Waals surface area contributed by atoms with Gasteiger partial charge in [0, 0.05) is 5.69 Å². The van der Waals surface area contributed by atoms with Gasteiger partial charge in [-0.05, 0) is 57.4 Å². The number of carbonyl (C=O) groups is 1. The van der Waals surface area contributed by atoms with Crippen LogP contribution in [0.5, 0.6) is 0 Å². The first-order chi connectivity index (χ1) is 12.9. The Morgan fingerprint density at radius 1 is 0.741 bits per heavy atom. The summed E-state index contributed by atoms with van der Waals surface area (Å²) in [6.45, 7) is 8.21. The maximum atomic E-state index is 13.4. The van der Waals surface area contributed by atoms with E-state index in [1.54, 1.807) is 0 Å². The van der Waals surface area contributed by atoms with Gasteiger partial charge in [-0.2, -0.15) is 0 Å². The van der Waals surface area contributed by atoms with Gasteiger partial charge in [-0.15, -0.1) is 0 Å². The third-order valence-electron chi connectivity index (χ3n) is 5.18. The van der Waals surface area contributed by atoms with Crippen molar-refractivity contribution in [1.29, 1.82) is 0 Å². The van der Waals surface area contributed by atoms with Crippen molar-refractivity contribution in [3.63, 3.8) is 0 Å². The van der Waals surface area contributed by atoms with Gasteiger partial charge in [0.2, 0.25) is 5.91 Å². The molecule has 0 bridgehead atoms. The molecule has 1 N–H and O–H groups in total. The number of benzene rings is 3. The summed E-state index contributed by atoms with van der Waals surface area (Å²) in [6, 6.07) is 24.6. The highest BCUT2D eigenvalue weighted by atomic mass is 16.2. The second-order valence-corrected chi connectivity index (χ2v) is 7.68. The number of amides is 1. The zero-order valence-electron chi connectivity index (χ0n) is 16.5. The smallest absolute Gasteiger partial charge is 0.235 e. The molecule has 0 aliphatic rings. The number of carbonyl (C=O) groups excluding carboxylic acids is 1. The number of hydrogen-bond donors (Lipinski definition) is 1. The summed E-state index contributed by atoms with van der Waals surface area (Å²) in [4.78, 5) is 13.4. The van der Waals surface area contributed by atoms with E-state index in [4.69, 9.17) is 0 Å². The van der Waals surface area contributed by atoms with Crippen LogP contribution >= 0.6 is 0 Å². The Labute approximate surface area is 162 Å². The van der Waals surface area contributed by atoms with Crippen LogP contribution in [-0.2, 0) is 16.6 Å². The molecule has 1 unspecified atom stereocenters. The van der Waals surface area contributed by atoms with Crippen LogP contribution < -0.4 is 5.32 Å². The van der Waals surface area contributed by atoms with E-state index in [0.717, 1.165) is 16.8 Å². The molecule has 1 atom stereocenters. The Kier molecular flexibility index (Phi) is 5.46. The van der Waals surface area contributed by atoms with Gasteiger partial charge >= 0.3 is 0 Å². The lowest BCUT2D eigenvalue weighted by molar-refractivity contribution is -0.121. The van der Waals surface area contributed by atoms with Crippen LogP contribution in [0.4, 0.5) is 5.69 Å². The average Bonchev–Trinajstić information content (AvgIpc) is 2.66. The first-order valence-corrected chi connectivity index (χ1v) is 9.38. The number of nitrogens with one attached hydrogen (secondary N) is 1. The quantitative estimate of drug-likeness (QED) is 0.619. The first kappa shape index (κ1) is 18.9. The minimum absolute atomic E-state index is 0.00998. The summed E-state index contributed by atoms with van der Waals surface area (Å²) in [7, 11) is 0. The summed E-state index contributed by atoms with van der Waals surface area (Å²) in [5, 5.41) is 3.12. The van der Waals surface area contributed by atoms with Gasteiger partial charge in [-0.1, -0.05) is 77.4 Å². The topological polar surface area (TPSA) is 29.1 Å². The Morgan fingerprint density at radius 2 is 1.19 bits per heavy atom. The van der Waals surface area contributed by atoms with Crippen molar-refractivity contribution in [2.24, 2.45) is 0 Å². The summed E-state index contributed by atoms with van der Waals surface area (Å²) in [5.41, 5.74) is 5.94. The van der Waals surface area contributed by atoms with Gasteiger partial charge in [-0.3, -0.25) is 4.79 Å². The Morgan fingerprint density at radius 3 is 1.70 bits per heavy atom. The molecule has 0 aliphatic heterocycles. The second-order valence-electron chi connectivity index (χ2n) is 7.68. The van der Waals surface area contributed by atoms with Crippen LogP contribution in [0.15, 0.2) is 72.8 Å². The normalized spacial score (nSPS) is 13.0. The Hall–Kier alpha value is -2.87. The molecule has 3 aromatic carbocycles. The van der Waals surface area contributed by atoms with Crippen LogP contribution in [0.25, 0.3) is 0 Å². The second kappa shape index (κ2) is 7.79. The Bertz CT molecular complexity index is 908. The van der Waals surface area contributed by atoms with E-state index in [0.29, 0.717) is 6.42 Å². The van der Waals surface area contributed by atoms with Crippen molar-refractivity contribution in [2.75, 3.05) is 5.32 Å². The molecule has 0 aromatic heterocycles. The molecule has 2 nitrogen and oxygen atoms in total. The molecule has 2 heteroatoms. The molecular weight excluding hydrogens is 330 g/mol. The number of rotatable bonds is 5. The molecule has 0 saturated heterocycles. The molecule has 1 amide bonds. The van der Waals surface area contributed by atoms with Gasteiger partial charge in [-0.25, -0.2) is 0 Å². The van der Waals surface area contributed by atoms with Crippen molar-refractivity contribution in [1.82, 2.24) is 0 Å². The van der Waals surface area contributed by atoms with Crippen LogP contribution in [0.1, 0.15) is 34.7 Å². The van der Waals surface area contributed by atoms with Crippen molar-refractivity contribution in [3.05, 3.63) is 101 Å². The molecule has 0 spiro atoms. The highest BCUT2D eigenvalue weighted by Gasteiger charge is 2.35. The predicted octanol–water partition coefficient (Wildman–Crippen LogP) is 5.75. The molecule has 3 rings (SSSR count). The van der Waals surface area contributed by atoms with Gasteiger partial charge < -0.3 is 5.32 Å². The van der Waals surface area contributed by atoms with Crippen molar-refractivity contribution in [2.45, 2.75) is 39.5 Å². The SMILES string of the molecule is Cc1ccc(CC(C)(C(=O)Nc2ccc(C)cc2)c2ccc(C)cc2)cc1. The minimum atomic E-state index is -0.659. The fourth-order valence-corrected chi connectivity index (χ4v) is 3.25. The zero-order valence-corrected chi connectivity index (χ0v) is 16.5. The summed E-state index contributed by atoms with van der Waals surface area (Å²) < 4.78 is 0. The lowest BCUT2D eigenvalue weighted by Crippen LogP contribution is -2.39. The third kappa shape index (κ3) is 4.46. The van der Waals surface area contributed by atoms with Gasteiger partial charge in [0.1, 0.15) is 0 Å². The van der Waals surface area contributed by atoms with Crippen LogP contribution in [0.2, 0.25) is 0 Å². The molecule has 27 heavy (non-hydrogen) atoms. The third-order valence-corrected chi connectivity index (χ3v) is 5.18. The van der Waals surface area contributed by atoms with Crippen LogP contribution in [0, 0.1) is 20.8 Å². The minimum Gasteiger partial charge on any atom is -0.325 e. The van der Waals surface area contributed by atoms with Gasteiger partial charge in [0.05, 0.1) is 5.41 Å². The molecular formula is C25H27NO.